The molecule has 3 fully saturated rings. The lowest BCUT2D eigenvalue weighted by Crippen LogP contribution is -2.59. The summed E-state index contributed by atoms with van der Waals surface area (Å²) < 4.78 is 0. The second kappa shape index (κ2) is 5.62. The minimum absolute atomic E-state index is 0.0103. The first kappa shape index (κ1) is 13.7. The summed E-state index contributed by atoms with van der Waals surface area (Å²) in [6.07, 6.45) is 4.09. The van der Waals surface area contributed by atoms with Crippen LogP contribution in [0.3, 0.4) is 0 Å². The van der Waals surface area contributed by atoms with Gasteiger partial charge in [-0.1, -0.05) is 0 Å². The second-order valence-electron chi connectivity index (χ2n) is 6.22. The lowest BCUT2D eigenvalue weighted by atomic mass is 9.91. The van der Waals surface area contributed by atoms with Gasteiger partial charge in [-0.25, -0.2) is 0 Å². The van der Waals surface area contributed by atoms with Crippen LogP contribution in [0.1, 0.15) is 25.7 Å². The number of likely N-dealkylation sites (tertiary alicyclic amines) is 1. The van der Waals surface area contributed by atoms with E-state index in [2.05, 4.69) is 4.90 Å². The van der Waals surface area contributed by atoms with Crippen molar-refractivity contribution in [3.63, 3.8) is 0 Å². The number of rotatable bonds is 4. The highest BCUT2D eigenvalue weighted by Gasteiger charge is 2.44. The molecule has 1 aliphatic carbocycles. The SMILES string of the molecule is O=C1N(CC2CC2)CCC[C@@]1(O)CN1CCSCC1. The monoisotopic (exact) mass is 284 g/mol. The van der Waals surface area contributed by atoms with Crippen LogP contribution in [0.4, 0.5) is 0 Å². The fraction of sp³-hybridized carbons (Fsp3) is 0.929. The molecule has 0 spiro atoms. The van der Waals surface area contributed by atoms with Crippen LogP contribution in [-0.2, 0) is 4.79 Å². The first-order chi connectivity index (χ1) is 9.17. The topological polar surface area (TPSA) is 43.8 Å². The number of piperidine rings is 1. The maximum atomic E-state index is 12.5. The van der Waals surface area contributed by atoms with Gasteiger partial charge in [-0.2, -0.15) is 11.8 Å². The number of amides is 1. The lowest BCUT2D eigenvalue weighted by Gasteiger charge is -2.41. The fourth-order valence-electron chi connectivity index (χ4n) is 3.13. The molecule has 0 aromatic carbocycles. The van der Waals surface area contributed by atoms with Gasteiger partial charge in [0.1, 0.15) is 0 Å². The maximum Gasteiger partial charge on any atom is 0.255 e. The molecule has 19 heavy (non-hydrogen) atoms. The molecule has 108 valence electrons. The van der Waals surface area contributed by atoms with E-state index in [1.165, 1.54) is 12.8 Å². The van der Waals surface area contributed by atoms with Crippen molar-refractivity contribution in [1.29, 1.82) is 0 Å². The molecular weight excluding hydrogens is 260 g/mol. The minimum Gasteiger partial charge on any atom is -0.379 e. The van der Waals surface area contributed by atoms with Crippen LogP contribution in [0, 0.1) is 5.92 Å². The Balaban J connectivity index is 1.61. The highest BCUT2D eigenvalue weighted by Crippen LogP contribution is 2.33. The molecule has 2 saturated heterocycles. The van der Waals surface area contributed by atoms with Crippen molar-refractivity contribution in [1.82, 2.24) is 9.80 Å². The molecule has 0 unspecified atom stereocenters. The molecular formula is C14H24N2O2S. The predicted octanol–water partition coefficient (Wildman–Crippen LogP) is 0.799. The van der Waals surface area contributed by atoms with E-state index in [4.69, 9.17) is 0 Å². The molecule has 0 radical (unpaired) electrons. The summed E-state index contributed by atoms with van der Waals surface area (Å²) in [5.41, 5.74) is -1.12. The number of hydrogen-bond donors (Lipinski definition) is 1. The summed E-state index contributed by atoms with van der Waals surface area (Å²) >= 11 is 1.96. The number of aliphatic hydroxyl groups is 1. The highest BCUT2D eigenvalue weighted by atomic mass is 32.2. The van der Waals surface area contributed by atoms with E-state index in [1.54, 1.807) is 0 Å². The van der Waals surface area contributed by atoms with E-state index in [1.807, 2.05) is 16.7 Å². The summed E-state index contributed by atoms with van der Waals surface area (Å²) in [5, 5.41) is 10.8. The van der Waals surface area contributed by atoms with Crippen LogP contribution in [0.2, 0.25) is 0 Å². The van der Waals surface area contributed by atoms with E-state index >= 15 is 0 Å². The Morgan fingerprint density at radius 3 is 2.68 bits per heavy atom. The van der Waals surface area contributed by atoms with Gasteiger partial charge in [0.25, 0.3) is 5.91 Å². The molecule has 0 aromatic heterocycles. The van der Waals surface area contributed by atoms with Gasteiger partial charge in [0.05, 0.1) is 0 Å². The first-order valence-corrected chi connectivity index (χ1v) is 8.65. The average Bonchev–Trinajstić information content (AvgIpc) is 3.20. The van der Waals surface area contributed by atoms with Crippen molar-refractivity contribution < 1.29 is 9.90 Å². The van der Waals surface area contributed by atoms with Crippen LogP contribution in [0.25, 0.3) is 0 Å². The average molecular weight is 284 g/mol. The first-order valence-electron chi connectivity index (χ1n) is 7.49. The van der Waals surface area contributed by atoms with E-state index < -0.39 is 5.60 Å². The predicted molar refractivity (Wildman–Crippen MR) is 77.3 cm³/mol. The Morgan fingerprint density at radius 2 is 2.00 bits per heavy atom. The third kappa shape index (κ3) is 3.26. The van der Waals surface area contributed by atoms with E-state index in [9.17, 15) is 9.90 Å². The molecule has 0 bridgehead atoms. The zero-order chi connectivity index (χ0) is 13.3. The molecule has 1 saturated carbocycles. The quantitative estimate of drug-likeness (QED) is 0.829. The number of β-amino-alcohol motifs (C(OH)–C–C–N with tert-alkyl or cyclic N) is 1. The molecule has 0 aromatic rings. The molecule has 3 aliphatic rings. The summed E-state index contributed by atoms with van der Waals surface area (Å²) in [5.74, 6) is 2.94. The number of carbonyl (C=O) groups is 1. The van der Waals surface area contributed by atoms with Gasteiger partial charge < -0.3 is 10.0 Å². The van der Waals surface area contributed by atoms with Crippen molar-refractivity contribution in [3.05, 3.63) is 0 Å². The van der Waals surface area contributed by atoms with Crippen LogP contribution >= 0.6 is 11.8 Å². The van der Waals surface area contributed by atoms with E-state index in [-0.39, 0.29) is 5.91 Å². The number of thioether (sulfide) groups is 1. The van der Waals surface area contributed by atoms with Gasteiger partial charge in [0.15, 0.2) is 5.60 Å². The fourth-order valence-corrected chi connectivity index (χ4v) is 4.11. The Labute approximate surface area is 119 Å². The van der Waals surface area contributed by atoms with Crippen molar-refractivity contribution in [2.24, 2.45) is 5.92 Å². The van der Waals surface area contributed by atoms with Crippen molar-refractivity contribution in [2.75, 3.05) is 44.2 Å². The number of hydrogen-bond acceptors (Lipinski definition) is 4. The summed E-state index contributed by atoms with van der Waals surface area (Å²) in [7, 11) is 0. The third-order valence-electron chi connectivity index (χ3n) is 4.47. The lowest BCUT2D eigenvalue weighted by molar-refractivity contribution is -0.159. The maximum absolute atomic E-state index is 12.5. The Bertz CT molecular complexity index is 342. The van der Waals surface area contributed by atoms with Gasteiger partial charge in [0.2, 0.25) is 0 Å². The Hall–Kier alpha value is -0.260. The number of carbonyl (C=O) groups excluding carboxylic acids is 1. The molecule has 1 N–H and O–H groups in total. The van der Waals surface area contributed by atoms with Crippen molar-refractivity contribution >= 4 is 17.7 Å². The van der Waals surface area contributed by atoms with Gasteiger partial charge >= 0.3 is 0 Å². The minimum atomic E-state index is -1.12. The van der Waals surface area contributed by atoms with Gasteiger partial charge in [-0.15, -0.1) is 0 Å². The van der Waals surface area contributed by atoms with Crippen LogP contribution < -0.4 is 0 Å². The summed E-state index contributed by atoms with van der Waals surface area (Å²) in [6.45, 7) is 4.25. The zero-order valence-corrected chi connectivity index (χ0v) is 12.3. The standard InChI is InChI=1S/C14H24N2O2S/c17-13-14(18,11-15-6-8-19-9-7-15)4-1-5-16(13)10-12-2-3-12/h12,18H,1-11H2/t14-/m1/s1. The molecule has 2 aliphatic heterocycles. The smallest absolute Gasteiger partial charge is 0.255 e. The van der Waals surface area contributed by atoms with Crippen molar-refractivity contribution in [3.8, 4) is 0 Å². The molecule has 4 nitrogen and oxygen atoms in total. The highest BCUT2D eigenvalue weighted by molar-refractivity contribution is 7.99. The van der Waals surface area contributed by atoms with Gasteiger partial charge in [-0.3, -0.25) is 9.69 Å². The van der Waals surface area contributed by atoms with Crippen LogP contribution in [0.5, 0.6) is 0 Å². The summed E-state index contributed by atoms with van der Waals surface area (Å²) in [6, 6.07) is 0. The zero-order valence-electron chi connectivity index (χ0n) is 11.5. The van der Waals surface area contributed by atoms with Crippen molar-refractivity contribution in [2.45, 2.75) is 31.3 Å². The number of nitrogens with zero attached hydrogens (tertiary/aromatic N) is 2. The largest absolute Gasteiger partial charge is 0.379 e. The van der Waals surface area contributed by atoms with Gasteiger partial charge in [0, 0.05) is 44.2 Å². The molecule has 2 heterocycles. The Kier molecular flexibility index (Phi) is 4.06. The van der Waals surface area contributed by atoms with Gasteiger partial charge in [-0.05, 0) is 31.6 Å². The molecule has 3 rings (SSSR count). The summed E-state index contributed by atoms with van der Waals surface area (Å²) in [4.78, 5) is 16.7. The van der Waals surface area contributed by atoms with E-state index in [0.717, 1.165) is 44.1 Å². The molecule has 5 heteroatoms. The van der Waals surface area contributed by atoms with Crippen LogP contribution in [0.15, 0.2) is 0 Å². The van der Waals surface area contributed by atoms with Crippen LogP contribution in [-0.4, -0.2) is 70.6 Å². The molecule has 1 atom stereocenters. The molecule has 1 amide bonds. The normalized spacial score (nSPS) is 33.7. The third-order valence-corrected chi connectivity index (χ3v) is 5.41. The van der Waals surface area contributed by atoms with E-state index in [0.29, 0.717) is 18.9 Å². The second-order valence-corrected chi connectivity index (χ2v) is 7.44. The Morgan fingerprint density at radius 1 is 1.26 bits per heavy atom.